The van der Waals surface area contributed by atoms with Crippen LogP contribution in [0.15, 0.2) is 42.5 Å². The van der Waals surface area contributed by atoms with Gasteiger partial charge in [-0.3, -0.25) is 0 Å². The summed E-state index contributed by atoms with van der Waals surface area (Å²) in [7, 11) is 0. The second kappa shape index (κ2) is 4.82. The van der Waals surface area contributed by atoms with Gasteiger partial charge in [-0.25, -0.2) is 0 Å². The predicted molar refractivity (Wildman–Crippen MR) is 72.3 cm³/mol. The van der Waals surface area contributed by atoms with Crippen molar-refractivity contribution in [2.24, 2.45) is 0 Å². The van der Waals surface area contributed by atoms with E-state index >= 15 is 0 Å². The first-order chi connectivity index (χ1) is 9.26. The highest BCUT2D eigenvalue weighted by molar-refractivity contribution is 5.51. The highest BCUT2D eigenvalue weighted by Crippen LogP contribution is 2.36. The lowest BCUT2D eigenvalue weighted by Gasteiger charge is -2.13. The lowest BCUT2D eigenvalue weighted by Crippen LogP contribution is -2.11. The maximum atomic E-state index is 9.41. The number of aromatic hydroxyl groups is 1. The van der Waals surface area contributed by atoms with Gasteiger partial charge in [-0.2, -0.15) is 0 Å². The van der Waals surface area contributed by atoms with Crippen molar-refractivity contribution in [2.75, 3.05) is 11.9 Å². The summed E-state index contributed by atoms with van der Waals surface area (Å²) in [6.07, 6.45) is 0. The van der Waals surface area contributed by atoms with Crippen LogP contribution in [0.25, 0.3) is 0 Å². The van der Waals surface area contributed by atoms with E-state index in [1.54, 1.807) is 12.1 Å². The molecule has 0 spiro atoms. The predicted octanol–water partition coefficient (Wildman–Crippen LogP) is 2.43. The standard InChI is InChI=1S/C15H15NO3/c17-8-10-1-3-11(4-2-10)16-14-9-19-15-7-12(18)5-6-13(14)15/h1-7,14,16-18H,8-9H2. The van der Waals surface area contributed by atoms with Crippen LogP contribution in [0.3, 0.4) is 0 Å². The Morgan fingerprint density at radius 2 is 1.95 bits per heavy atom. The Morgan fingerprint density at radius 1 is 1.16 bits per heavy atom. The summed E-state index contributed by atoms with van der Waals surface area (Å²) in [5, 5.41) is 21.8. The number of phenols is 1. The molecule has 1 aliphatic heterocycles. The van der Waals surface area contributed by atoms with Gasteiger partial charge in [0.1, 0.15) is 18.1 Å². The normalized spacial score (nSPS) is 16.8. The third kappa shape index (κ3) is 2.35. The molecular formula is C15H15NO3. The largest absolute Gasteiger partial charge is 0.508 e. The summed E-state index contributed by atoms with van der Waals surface area (Å²) in [5.41, 5.74) is 2.91. The molecule has 19 heavy (non-hydrogen) atoms. The molecule has 0 radical (unpaired) electrons. The third-order valence-electron chi connectivity index (χ3n) is 3.26. The Kier molecular flexibility index (Phi) is 3.01. The minimum absolute atomic E-state index is 0.0505. The molecule has 0 amide bonds. The summed E-state index contributed by atoms with van der Waals surface area (Å²) in [6.45, 7) is 0.593. The Labute approximate surface area is 111 Å². The SMILES string of the molecule is OCc1ccc(NC2COc3cc(O)ccc32)cc1. The number of benzene rings is 2. The van der Waals surface area contributed by atoms with Crippen LogP contribution in [0.2, 0.25) is 0 Å². The molecular weight excluding hydrogens is 242 g/mol. The molecule has 1 aliphatic rings. The average molecular weight is 257 g/mol. The second-order valence-electron chi connectivity index (χ2n) is 4.59. The van der Waals surface area contributed by atoms with E-state index in [0.717, 1.165) is 22.6 Å². The van der Waals surface area contributed by atoms with E-state index in [4.69, 9.17) is 9.84 Å². The molecule has 2 aromatic carbocycles. The van der Waals surface area contributed by atoms with Crippen LogP contribution in [0.1, 0.15) is 17.2 Å². The molecule has 1 unspecified atom stereocenters. The van der Waals surface area contributed by atoms with Gasteiger partial charge in [0.15, 0.2) is 0 Å². The molecule has 3 N–H and O–H groups in total. The van der Waals surface area contributed by atoms with Gasteiger partial charge < -0.3 is 20.3 Å². The van der Waals surface area contributed by atoms with Crippen LogP contribution < -0.4 is 10.1 Å². The second-order valence-corrected chi connectivity index (χ2v) is 4.59. The van der Waals surface area contributed by atoms with Crippen LogP contribution in [0, 0.1) is 0 Å². The number of ether oxygens (including phenoxy) is 1. The van der Waals surface area contributed by atoms with Crippen LogP contribution in [-0.4, -0.2) is 16.8 Å². The Bertz CT molecular complexity index is 580. The van der Waals surface area contributed by atoms with Crippen molar-refractivity contribution in [1.82, 2.24) is 0 Å². The van der Waals surface area contributed by atoms with Crippen molar-refractivity contribution < 1.29 is 14.9 Å². The molecule has 0 saturated carbocycles. The number of fused-ring (bicyclic) bond motifs is 1. The number of hydrogen-bond donors (Lipinski definition) is 3. The van der Waals surface area contributed by atoms with Crippen LogP contribution in [0.5, 0.6) is 11.5 Å². The molecule has 2 aromatic rings. The summed E-state index contributed by atoms with van der Waals surface area (Å²) in [5.74, 6) is 0.941. The number of anilines is 1. The summed E-state index contributed by atoms with van der Waals surface area (Å²) in [4.78, 5) is 0. The maximum Gasteiger partial charge on any atom is 0.128 e. The molecule has 4 nitrogen and oxygen atoms in total. The van der Waals surface area contributed by atoms with Gasteiger partial charge in [-0.15, -0.1) is 0 Å². The van der Waals surface area contributed by atoms with Crippen LogP contribution >= 0.6 is 0 Å². The van der Waals surface area contributed by atoms with Gasteiger partial charge in [-0.05, 0) is 29.8 Å². The van der Waals surface area contributed by atoms with E-state index in [9.17, 15) is 5.11 Å². The number of aliphatic hydroxyl groups excluding tert-OH is 1. The number of nitrogens with one attached hydrogen (secondary N) is 1. The van der Waals surface area contributed by atoms with Crippen molar-refractivity contribution in [3.05, 3.63) is 53.6 Å². The van der Waals surface area contributed by atoms with E-state index in [2.05, 4.69) is 5.32 Å². The monoisotopic (exact) mass is 257 g/mol. The lowest BCUT2D eigenvalue weighted by atomic mass is 10.1. The van der Waals surface area contributed by atoms with Crippen molar-refractivity contribution in [2.45, 2.75) is 12.6 Å². The van der Waals surface area contributed by atoms with Gasteiger partial charge in [0.05, 0.1) is 12.6 Å². The quantitative estimate of drug-likeness (QED) is 0.790. The molecule has 0 fully saturated rings. The third-order valence-corrected chi connectivity index (χ3v) is 3.26. The highest BCUT2D eigenvalue weighted by Gasteiger charge is 2.24. The zero-order chi connectivity index (χ0) is 13.2. The zero-order valence-corrected chi connectivity index (χ0v) is 10.3. The molecule has 0 aromatic heterocycles. The summed E-state index contributed by atoms with van der Waals surface area (Å²) < 4.78 is 5.55. The molecule has 4 heteroatoms. The highest BCUT2D eigenvalue weighted by atomic mass is 16.5. The average Bonchev–Trinajstić information content (AvgIpc) is 2.82. The van der Waals surface area contributed by atoms with E-state index in [1.165, 1.54) is 0 Å². The molecule has 98 valence electrons. The number of hydrogen-bond acceptors (Lipinski definition) is 4. The Hall–Kier alpha value is -2.20. The van der Waals surface area contributed by atoms with E-state index in [1.807, 2.05) is 30.3 Å². The minimum Gasteiger partial charge on any atom is -0.508 e. The number of phenolic OH excluding ortho intramolecular Hbond substituents is 1. The molecule has 0 bridgehead atoms. The smallest absolute Gasteiger partial charge is 0.128 e. The van der Waals surface area contributed by atoms with Crippen LogP contribution in [-0.2, 0) is 6.61 Å². The van der Waals surface area contributed by atoms with E-state index in [0.29, 0.717) is 6.61 Å². The van der Waals surface area contributed by atoms with Crippen molar-refractivity contribution in [3.63, 3.8) is 0 Å². The van der Waals surface area contributed by atoms with Gasteiger partial charge >= 0.3 is 0 Å². The topological polar surface area (TPSA) is 61.7 Å². The lowest BCUT2D eigenvalue weighted by molar-refractivity contribution is 0.282. The Morgan fingerprint density at radius 3 is 2.68 bits per heavy atom. The van der Waals surface area contributed by atoms with E-state index in [-0.39, 0.29) is 18.4 Å². The summed E-state index contributed by atoms with van der Waals surface area (Å²) >= 11 is 0. The molecule has 1 heterocycles. The fraction of sp³-hybridized carbons (Fsp3) is 0.200. The fourth-order valence-electron chi connectivity index (χ4n) is 2.23. The fourth-order valence-corrected chi connectivity index (χ4v) is 2.23. The van der Waals surface area contributed by atoms with Crippen molar-refractivity contribution in [1.29, 1.82) is 0 Å². The molecule has 0 saturated heterocycles. The number of rotatable bonds is 3. The van der Waals surface area contributed by atoms with Crippen molar-refractivity contribution >= 4 is 5.69 Å². The molecule has 0 aliphatic carbocycles. The first-order valence-electron chi connectivity index (χ1n) is 6.18. The van der Waals surface area contributed by atoms with Crippen molar-refractivity contribution in [3.8, 4) is 11.5 Å². The maximum absolute atomic E-state index is 9.41. The molecule has 3 rings (SSSR count). The zero-order valence-electron chi connectivity index (χ0n) is 10.3. The Balaban J connectivity index is 1.78. The first-order valence-corrected chi connectivity index (χ1v) is 6.18. The van der Waals surface area contributed by atoms with Gasteiger partial charge in [0.2, 0.25) is 0 Å². The van der Waals surface area contributed by atoms with Crippen LogP contribution in [0.4, 0.5) is 5.69 Å². The first kappa shape index (κ1) is 11.9. The minimum atomic E-state index is 0.0505. The van der Waals surface area contributed by atoms with E-state index < -0.39 is 0 Å². The van der Waals surface area contributed by atoms with Gasteiger partial charge in [-0.1, -0.05) is 12.1 Å². The molecule has 1 atom stereocenters. The number of aliphatic hydroxyl groups is 1. The summed E-state index contributed by atoms with van der Waals surface area (Å²) in [6, 6.07) is 12.9. The van der Waals surface area contributed by atoms with Gasteiger partial charge in [0, 0.05) is 17.3 Å². The van der Waals surface area contributed by atoms with Gasteiger partial charge in [0.25, 0.3) is 0 Å².